The Kier molecular flexibility index (Phi) is 5.36. The zero-order valence-corrected chi connectivity index (χ0v) is 9.86. The van der Waals surface area contributed by atoms with Crippen molar-refractivity contribution in [3.63, 3.8) is 0 Å². The number of methoxy groups -OCH3 is 1. The fraction of sp³-hybridized carbons (Fsp3) is 0.727. The van der Waals surface area contributed by atoms with Gasteiger partial charge in [-0.3, -0.25) is 4.68 Å². The number of aryl methyl sites for hydroxylation is 1. The van der Waals surface area contributed by atoms with Gasteiger partial charge in [-0.05, 0) is 18.9 Å². The van der Waals surface area contributed by atoms with Crippen molar-refractivity contribution < 1.29 is 4.74 Å². The van der Waals surface area contributed by atoms with E-state index in [9.17, 15) is 0 Å². The van der Waals surface area contributed by atoms with Gasteiger partial charge in [0.25, 0.3) is 0 Å². The van der Waals surface area contributed by atoms with Gasteiger partial charge in [0, 0.05) is 25.9 Å². The lowest BCUT2D eigenvalue weighted by atomic mass is 10.2. The SMILES string of the molecule is CCC(COC)NCCn1cc(C)cn1. The molecule has 86 valence electrons. The molecule has 1 aromatic rings. The van der Waals surface area contributed by atoms with E-state index in [0.29, 0.717) is 6.04 Å². The molecule has 15 heavy (non-hydrogen) atoms. The third kappa shape index (κ3) is 4.44. The zero-order valence-electron chi connectivity index (χ0n) is 9.86. The summed E-state index contributed by atoms with van der Waals surface area (Å²) in [5.41, 5.74) is 1.21. The standard InChI is InChI=1S/C11H21N3O/c1-4-11(9-15-3)12-5-6-14-8-10(2)7-13-14/h7-8,11-12H,4-6,9H2,1-3H3. The lowest BCUT2D eigenvalue weighted by Crippen LogP contribution is -2.34. The third-order valence-corrected chi connectivity index (χ3v) is 2.40. The van der Waals surface area contributed by atoms with E-state index in [4.69, 9.17) is 4.74 Å². The molecule has 1 aromatic heterocycles. The molecule has 4 nitrogen and oxygen atoms in total. The van der Waals surface area contributed by atoms with Gasteiger partial charge in [0.1, 0.15) is 0 Å². The van der Waals surface area contributed by atoms with E-state index in [0.717, 1.165) is 26.1 Å². The van der Waals surface area contributed by atoms with E-state index in [1.165, 1.54) is 5.56 Å². The largest absolute Gasteiger partial charge is 0.383 e. The van der Waals surface area contributed by atoms with Crippen LogP contribution in [0.5, 0.6) is 0 Å². The number of rotatable bonds is 7. The summed E-state index contributed by atoms with van der Waals surface area (Å²) in [7, 11) is 1.74. The van der Waals surface area contributed by atoms with Crippen molar-refractivity contribution in [1.82, 2.24) is 15.1 Å². The minimum Gasteiger partial charge on any atom is -0.383 e. The van der Waals surface area contributed by atoms with E-state index in [2.05, 4.69) is 30.5 Å². The molecule has 0 saturated heterocycles. The summed E-state index contributed by atoms with van der Waals surface area (Å²) < 4.78 is 7.08. The molecule has 1 rings (SSSR count). The van der Waals surface area contributed by atoms with E-state index in [-0.39, 0.29) is 0 Å². The van der Waals surface area contributed by atoms with Crippen molar-refractivity contribution in [2.75, 3.05) is 20.3 Å². The highest BCUT2D eigenvalue weighted by Gasteiger charge is 2.03. The molecular formula is C11H21N3O. The van der Waals surface area contributed by atoms with Gasteiger partial charge in [0.2, 0.25) is 0 Å². The number of aromatic nitrogens is 2. The highest BCUT2D eigenvalue weighted by Crippen LogP contribution is 1.94. The Hall–Kier alpha value is -0.870. The molecule has 0 aromatic carbocycles. The molecule has 0 radical (unpaired) electrons. The van der Waals surface area contributed by atoms with Crippen LogP contribution >= 0.6 is 0 Å². The number of hydrogen-bond donors (Lipinski definition) is 1. The maximum absolute atomic E-state index is 5.12. The Morgan fingerprint density at radius 1 is 1.60 bits per heavy atom. The molecule has 0 aliphatic heterocycles. The van der Waals surface area contributed by atoms with Crippen molar-refractivity contribution in [2.45, 2.75) is 32.9 Å². The minimum atomic E-state index is 0.451. The van der Waals surface area contributed by atoms with Crippen LogP contribution in [0.15, 0.2) is 12.4 Å². The molecule has 1 atom stereocenters. The number of hydrogen-bond acceptors (Lipinski definition) is 3. The van der Waals surface area contributed by atoms with Crippen LogP contribution < -0.4 is 5.32 Å². The molecule has 4 heteroatoms. The first kappa shape index (κ1) is 12.2. The fourth-order valence-corrected chi connectivity index (χ4v) is 1.49. The second kappa shape index (κ2) is 6.58. The summed E-state index contributed by atoms with van der Waals surface area (Å²) in [5, 5.41) is 7.67. The number of nitrogens with zero attached hydrogens (tertiary/aromatic N) is 2. The molecule has 0 aliphatic carbocycles. The predicted octanol–water partition coefficient (Wildman–Crippen LogP) is 1.21. The maximum Gasteiger partial charge on any atom is 0.0615 e. The molecule has 1 N–H and O–H groups in total. The van der Waals surface area contributed by atoms with Crippen LogP contribution in [-0.4, -0.2) is 36.1 Å². The Labute approximate surface area is 91.6 Å². The molecule has 1 heterocycles. The van der Waals surface area contributed by atoms with E-state index < -0.39 is 0 Å². The van der Waals surface area contributed by atoms with Crippen LogP contribution in [0.25, 0.3) is 0 Å². The van der Waals surface area contributed by atoms with Gasteiger partial charge in [-0.15, -0.1) is 0 Å². The van der Waals surface area contributed by atoms with Crippen LogP contribution in [0.1, 0.15) is 18.9 Å². The summed E-state index contributed by atoms with van der Waals surface area (Å²) in [6, 6.07) is 0.451. The molecular weight excluding hydrogens is 190 g/mol. The van der Waals surface area contributed by atoms with Crippen molar-refractivity contribution >= 4 is 0 Å². The third-order valence-electron chi connectivity index (χ3n) is 2.40. The maximum atomic E-state index is 5.12. The Balaban J connectivity index is 2.20. The predicted molar refractivity (Wildman–Crippen MR) is 60.9 cm³/mol. The average molecular weight is 211 g/mol. The summed E-state index contributed by atoms with van der Waals surface area (Å²) in [6.07, 6.45) is 5.03. The molecule has 1 unspecified atom stereocenters. The van der Waals surface area contributed by atoms with Gasteiger partial charge in [-0.2, -0.15) is 5.10 Å². The summed E-state index contributed by atoms with van der Waals surface area (Å²) in [4.78, 5) is 0. The highest BCUT2D eigenvalue weighted by atomic mass is 16.5. The monoisotopic (exact) mass is 211 g/mol. The molecule has 0 amide bonds. The van der Waals surface area contributed by atoms with Crippen LogP contribution in [0, 0.1) is 6.92 Å². The fourth-order valence-electron chi connectivity index (χ4n) is 1.49. The van der Waals surface area contributed by atoms with Crippen LogP contribution in [-0.2, 0) is 11.3 Å². The lowest BCUT2D eigenvalue weighted by molar-refractivity contribution is 0.164. The van der Waals surface area contributed by atoms with Crippen molar-refractivity contribution in [3.05, 3.63) is 18.0 Å². The van der Waals surface area contributed by atoms with Gasteiger partial charge >= 0.3 is 0 Å². The molecule has 0 bridgehead atoms. The normalized spacial score (nSPS) is 13.0. The van der Waals surface area contributed by atoms with Gasteiger partial charge in [0.05, 0.1) is 19.3 Å². The molecule has 0 saturated carbocycles. The summed E-state index contributed by atoms with van der Waals surface area (Å²) >= 11 is 0. The smallest absolute Gasteiger partial charge is 0.0615 e. The van der Waals surface area contributed by atoms with Crippen molar-refractivity contribution in [2.24, 2.45) is 0 Å². The Morgan fingerprint density at radius 3 is 2.93 bits per heavy atom. The second-order valence-electron chi connectivity index (χ2n) is 3.80. The van der Waals surface area contributed by atoms with Crippen LogP contribution in [0.4, 0.5) is 0 Å². The van der Waals surface area contributed by atoms with E-state index >= 15 is 0 Å². The quantitative estimate of drug-likeness (QED) is 0.736. The van der Waals surface area contributed by atoms with Gasteiger partial charge < -0.3 is 10.1 Å². The lowest BCUT2D eigenvalue weighted by Gasteiger charge is -2.15. The first-order valence-electron chi connectivity index (χ1n) is 5.47. The van der Waals surface area contributed by atoms with Crippen molar-refractivity contribution in [3.8, 4) is 0 Å². The molecule has 0 fully saturated rings. The zero-order chi connectivity index (χ0) is 11.1. The highest BCUT2D eigenvalue weighted by molar-refractivity contribution is 4.99. The van der Waals surface area contributed by atoms with Gasteiger partial charge in [0.15, 0.2) is 0 Å². The van der Waals surface area contributed by atoms with Crippen molar-refractivity contribution in [1.29, 1.82) is 0 Å². The number of nitrogens with one attached hydrogen (secondary N) is 1. The van der Waals surface area contributed by atoms with Gasteiger partial charge in [-0.25, -0.2) is 0 Å². The first-order valence-corrected chi connectivity index (χ1v) is 5.47. The summed E-state index contributed by atoms with van der Waals surface area (Å²) in [6.45, 7) is 6.83. The second-order valence-corrected chi connectivity index (χ2v) is 3.80. The van der Waals surface area contributed by atoms with Crippen LogP contribution in [0.2, 0.25) is 0 Å². The van der Waals surface area contributed by atoms with Crippen LogP contribution in [0.3, 0.4) is 0 Å². The number of ether oxygens (including phenoxy) is 1. The summed E-state index contributed by atoms with van der Waals surface area (Å²) in [5.74, 6) is 0. The minimum absolute atomic E-state index is 0.451. The van der Waals surface area contributed by atoms with Gasteiger partial charge in [-0.1, -0.05) is 6.92 Å². The Morgan fingerprint density at radius 2 is 2.40 bits per heavy atom. The molecule has 0 aliphatic rings. The molecule has 0 spiro atoms. The van der Waals surface area contributed by atoms with E-state index in [1.807, 2.05) is 10.9 Å². The Bertz CT molecular complexity index is 273. The average Bonchev–Trinajstić information content (AvgIpc) is 2.63. The first-order chi connectivity index (χ1) is 7.26. The van der Waals surface area contributed by atoms with E-state index in [1.54, 1.807) is 7.11 Å². The topological polar surface area (TPSA) is 39.1 Å².